The fraction of sp³-hybridized carbons (Fsp3) is 0.250. The molecule has 146 valence electrons. The summed E-state index contributed by atoms with van der Waals surface area (Å²) in [5, 5.41) is 22.2. The molecule has 12 heteroatoms. The molecule has 0 amide bonds. The van der Waals surface area contributed by atoms with Crippen LogP contribution in [0.1, 0.15) is 27.0 Å². The maximum Gasteiger partial charge on any atom is 0.338 e. The number of benzene rings is 1. The number of nitrogens with zero attached hydrogens (tertiary/aromatic N) is 3. The van der Waals surface area contributed by atoms with Crippen molar-refractivity contribution in [1.29, 1.82) is 5.26 Å². The number of aromatic nitrogens is 1. The summed E-state index contributed by atoms with van der Waals surface area (Å²) < 4.78 is 28.0. The summed E-state index contributed by atoms with van der Waals surface area (Å²) in [6, 6.07) is 4.52. The minimum absolute atomic E-state index is 0.272. The summed E-state index contributed by atoms with van der Waals surface area (Å²) in [6.07, 6.45) is 0.800. The highest BCUT2D eigenvalue weighted by Crippen LogP contribution is 2.25. The molecule has 10 nitrogen and oxygen atoms in total. The highest BCUT2D eigenvalue weighted by Gasteiger charge is 2.27. The molecule has 28 heavy (non-hydrogen) atoms. The van der Waals surface area contributed by atoms with Gasteiger partial charge in [-0.2, -0.15) is 5.26 Å². The number of nitriles is 1. The first-order valence-corrected chi connectivity index (χ1v) is 10.3. The molecule has 0 unspecified atom stereocenters. The number of hydrogen-bond acceptors (Lipinski definition) is 10. The van der Waals surface area contributed by atoms with Gasteiger partial charge in [0.15, 0.2) is 28.1 Å². The standard InChI is InChI=1S/C16H13N3O7S2/c1-9-8-27-15(18-9)11(6-17)13(20)7-26-16(21)10-3-4-14(28(2,24)25)12(5-10)19(22)23/h3-5,8,11H,7H2,1-2H3/t11-/m1/s1. The maximum atomic E-state index is 12.2. The molecule has 0 bridgehead atoms. The van der Waals surface area contributed by atoms with Crippen LogP contribution in [0.2, 0.25) is 0 Å². The van der Waals surface area contributed by atoms with Crippen molar-refractivity contribution >= 4 is 38.6 Å². The number of nitro benzene ring substituents is 1. The van der Waals surface area contributed by atoms with Crippen LogP contribution in [0.5, 0.6) is 0 Å². The van der Waals surface area contributed by atoms with Gasteiger partial charge in [0, 0.05) is 23.4 Å². The van der Waals surface area contributed by atoms with Gasteiger partial charge >= 0.3 is 5.97 Å². The van der Waals surface area contributed by atoms with Crippen molar-refractivity contribution in [2.24, 2.45) is 0 Å². The molecule has 0 aliphatic rings. The van der Waals surface area contributed by atoms with Crippen LogP contribution in [0.25, 0.3) is 0 Å². The van der Waals surface area contributed by atoms with E-state index in [1.807, 2.05) is 0 Å². The maximum absolute atomic E-state index is 12.2. The number of hydrogen-bond donors (Lipinski definition) is 0. The average molecular weight is 423 g/mol. The SMILES string of the molecule is Cc1csc([C@H](C#N)C(=O)COC(=O)c2ccc(S(C)(=O)=O)c([N+](=O)[O-])c2)n1. The molecular weight excluding hydrogens is 410 g/mol. The lowest BCUT2D eigenvalue weighted by Crippen LogP contribution is -2.20. The Morgan fingerprint density at radius 3 is 2.61 bits per heavy atom. The van der Waals surface area contributed by atoms with Crippen molar-refractivity contribution in [2.45, 2.75) is 17.7 Å². The van der Waals surface area contributed by atoms with Crippen LogP contribution in [-0.2, 0) is 19.4 Å². The monoisotopic (exact) mass is 423 g/mol. The Balaban J connectivity index is 2.17. The first kappa shape index (κ1) is 21.1. The van der Waals surface area contributed by atoms with Gasteiger partial charge in [0.05, 0.1) is 16.6 Å². The van der Waals surface area contributed by atoms with Gasteiger partial charge in [0.2, 0.25) is 0 Å². The Hall–Kier alpha value is -3.17. The van der Waals surface area contributed by atoms with Crippen molar-refractivity contribution < 1.29 is 27.7 Å². The molecule has 0 fully saturated rings. The lowest BCUT2D eigenvalue weighted by molar-refractivity contribution is -0.387. The van der Waals surface area contributed by atoms with E-state index in [9.17, 15) is 28.1 Å². The van der Waals surface area contributed by atoms with Crippen molar-refractivity contribution in [3.05, 3.63) is 50.0 Å². The fourth-order valence-corrected chi connectivity index (χ4v) is 3.86. The van der Waals surface area contributed by atoms with E-state index in [2.05, 4.69) is 4.98 Å². The summed E-state index contributed by atoms with van der Waals surface area (Å²) in [5.74, 6) is -2.97. The van der Waals surface area contributed by atoms with E-state index in [1.165, 1.54) is 0 Å². The lowest BCUT2D eigenvalue weighted by Gasteiger charge is -2.08. The predicted molar refractivity (Wildman–Crippen MR) is 96.7 cm³/mol. The number of carbonyl (C=O) groups is 2. The van der Waals surface area contributed by atoms with Gasteiger partial charge in [-0.25, -0.2) is 18.2 Å². The fourth-order valence-electron chi connectivity index (χ4n) is 2.17. The second-order valence-corrected chi connectivity index (χ2v) is 8.52. The van der Waals surface area contributed by atoms with Crippen LogP contribution in [0.15, 0.2) is 28.5 Å². The van der Waals surface area contributed by atoms with E-state index >= 15 is 0 Å². The molecule has 0 N–H and O–H groups in total. The second kappa shape index (κ2) is 8.24. The minimum atomic E-state index is -3.88. The summed E-state index contributed by atoms with van der Waals surface area (Å²) >= 11 is 1.12. The first-order valence-electron chi connectivity index (χ1n) is 7.54. The summed E-state index contributed by atoms with van der Waals surface area (Å²) in [6.45, 7) is 0.962. The van der Waals surface area contributed by atoms with Gasteiger partial charge in [-0.15, -0.1) is 11.3 Å². The number of nitro groups is 1. The predicted octanol–water partition coefficient (Wildman–Crippen LogP) is 1.80. The smallest absolute Gasteiger partial charge is 0.338 e. The zero-order valence-electron chi connectivity index (χ0n) is 14.6. The molecule has 1 heterocycles. The molecule has 0 spiro atoms. The minimum Gasteiger partial charge on any atom is -0.454 e. The number of ketones is 1. The summed E-state index contributed by atoms with van der Waals surface area (Å²) in [5.41, 5.74) is -0.440. The lowest BCUT2D eigenvalue weighted by atomic mass is 10.1. The molecule has 1 aromatic heterocycles. The Morgan fingerprint density at radius 1 is 1.43 bits per heavy atom. The number of esters is 1. The molecule has 1 atom stereocenters. The van der Waals surface area contributed by atoms with Crippen molar-refractivity contribution in [1.82, 2.24) is 4.98 Å². The molecule has 0 saturated heterocycles. The number of rotatable bonds is 7. The quantitative estimate of drug-likeness (QED) is 0.368. The third-order valence-corrected chi connectivity index (χ3v) is 5.64. The molecule has 1 aromatic carbocycles. The molecule has 0 saturated carbocycles. The zero-order chi connectivity index (χ0) is 21.1. The van der Waals surface area contributed by atoms with Crippen LogP contribution in [0, 0.1) is 28.4 Å². The van der Waals surface area contributed by atoms with Gasteiger partial charge in [0.1, 0.15) is 9.90 Å². The van der Waals surface area contributed by atoms with Crippen LogP contribution in [0.3, 0.4) is 0 Å². The van der Waals surface area contributed by atoms with Gasteiger partial charge in [-0.05, 0) is 19.1 Å². The largest absolute Gasteiger partial charge is 0.454 e. The third-order valence-electron chi connectivity index (χ3n) is 3.47. The van der Waals surface area contributed by atoms with E-state index in [0.717, 1.165) is 35.8 Å². The normalized spacial score (nSPS) is 12.0. The van der Waals surface area contributed by atoms with E-state index < -0.39 is 49.6 Å². The number of sulfone groups is 1. The van der Waals surface area contributed by atoms with Gasteiger partial charge in [0.25, 0.3) is 5.69 Å². The van der Waals surface area contributed by atoms with E-state index in [-0.39, 0.29) is 10.6 Å². The number of aryl methyl sites for hydroxylation is 1. The van der Waals surface area contributed by atoms with Crippen LogP contribution in [0.4, 0.5) is 5.69 Å². The van der Waals surface area contributed by atoms with E-state index in [1.54, 1.807) is 18.4 Å². The van der Waals surface area contributed by atoms with Crippen LogP contribution < -0.4 is 0 Å². The molecule has 0 aliphatic carbocycles. The Labute approximate surface area is 163 Å². The molecular formula is C16H13N3O7S2. The molecule has 2 rings (SSSR count). The van der Waals surface area contributed by atoms with Gasteiger partial charge in [-0.3, -0.25) is 14.9 Å². The number of thiazole rings is 1. The topological polar surface area (TPSA) is 157 Å². The Bertz CT molecular complexity index is 1100. The van der Waals surface area contributed by atoms with Gasteiger partial charge in [-0.1, -0.05) is 0 Å². The summed E-state index contributed by atoms with van der Waals surface area (Å²) in [4.78, 5) is 37.9. The number of Topliss-reactive ketones (excluding diaryl/α,β-unsaturated/α-hetero) is 1. The Kier molecular flexibility index (Phi) is 6.22. The number of carbonyl (C=O) groups excluding carboxylic acids is 2. The summed E-state index contributed by atoms with van der Waals surface area (Å²) in [7, 11) is -3.88. The van der Waals surface area contributed by atoms with Crippen molar-refractivity contribution in [3.8, 4) is 6.07 Å². The highest BCUT2D eigenvalue weighted by molar-refractivity contribution is 7.90. The van der Waals surface area contributed by atoms with Crippen molar-refractivity contribution in [2.75, 3.05) is 12.9 Å². The van der Waals surface area contributed by atoms with Crippen LogP contribution in [-0.4, -0.2) is 42.9 Å². The third kappa shape index (κ3) is 4.76. The Morgan fingerprint density at radius 2 is 2.11 bits per heavy atom. The zero-order valence-corrected chi connectivity index (χ0v) is 16.2. The van der Waals surface area contributed by atoms with Crippen molar-refractivity contribution in [3.63, 3.8) is 0 Å². The van der Waals surface area contributed by atoms with Crippen LogP contribution >= 0.6 is 11.3 Å². The molecule has 2 aromatic rings. The molecule has 0 radical (unpaired) electrons. The second-order valence-electron chi connectivity index (χ2n) is 5.64. The van der Waals surface area contributed by atoms with E-state index in [0.29, 0.717) is 5.69 Å². The average Bonchev–Trinajstić information content (AvgIpc) is 3.04. The first-order chi connectivity index (χ1) is 13.0. The van der Waals surface area contributed by atoms with E-state index in [4.69, 9.17) is 10.00 Å². The van der Waals surface area contributed by atoms with Gasteiger partial charge < -0.3 is 4.74 Å². The molecule has 0 aliphatic heterocycles. The number of ether oxygens (including phenoxy) is 1. The highest BCUT2D eigenvalue weighted by atomic mass is 32.2.